The van der Waals surface area contributed by atoms with Crippen molar-refractivity contribution in [1.82, 2.24) is 0 Å². The van der Waals surface area contributed by atoms with Crippen molar-refractivity contribution in [2.24, 2.45) is 0 Å². The molecule has 0 amide bonds. The van der Waals surface area contributed by atoms with E-state index < -0.39 is 0 Å². The summed E-state index contributed by atoms with van der Waals surface area (Å²) in [6.45, 7) is 4.66. The second-order valence-corrected chi connectivity index (χ2v) is 11.3. The molecule has 9 rings (SSSR count). The topological polar surface area (TPSA) is 26.3 Å². The monoisotopic (exact) mass is 500 g/mol. The average molecular weight is 501 g/mol. The van der Waals surface area contributed by atoms with Crippen molar-refractivity contribution in [1.29, 1.82) is 0 Å². The van der Waals surface area contributed by atoms with Crippen LogP contribution in [-0.4, -0.2) is 0 Å². The minimum absolute atomic E-state index is 0.0716. The van der Waals surface area contributed by atoms with Gasteiger partial charge in [-0.05, 0) is 63.5 Å². The van der Waals surface area contributed by atoms with Gasteiger partial charge in [0, 0.05) is 37.9 Å². The summed E-state index contributed by atoms with van der Waals surface area (Å²) in [5, 5.41) is 6.82. The molecule has 6 aromatic carbocycles. The van der Waals surface area contributed by atoms with Gasteiger partial charge in [0.1, 0.15) is 22.3 Å². The highest BCUT2D eigenvalue weighted by Gasteiger charge is 2.35. The van der Waals surface area contributed by atoms with Gasteiger partial charge in [0.2, 0.25) is 0 Å². The van der Waals surface area contributed by atoms with Crippen molar-refractivity contribution in [2.75, 3.05) is 0 Å². The van der Waals surface area contributed by atoms with Gasteiger partial charge in [-0.2, -0.15) is 0 Å². The summed E-state index contributed by atoms with van der Waals surface area (Å²) < 4.78 is 13.1. The van der Waals surface area contributed by atoms with Crippen molar-refractivity contribution in [3.05, 3.63) is 120 Å². The zero-order valence-electron chi connectivity index (χ0n) is 21.7. The molecule has 8 aromatic rings. The number of fused-ring (bicyclic) bond motifs is 12. The van der Waals surface area contributed by atoms with Crippen LogP contribution in [0.2, 0.25) is 0 Å². The number of benzene rings is 6. The number of hydrogen-bond acceptors (Lipinski definition) is 2. The van der Waals surface area contributed by atoms with Gasteiger partial charge in [0.25, 0.3) is 0 Å². The Bertz CT molecular complexity index is 2310. The van der Waals surface area contributed by atoms with Gasteiger partial charge >= 0.3 is 0 Å². The van der Waals surface area contributed by atoms with Crippen LogP contribution in [-0.2, 0) is 5.41 Å². The predicted molar refractivity (Wildman–Crippen MR) is 162 cm³/mol. The van der Waals surface area contributed by atoms with E-state index in [2.05, 4.69) is 105 Å². The van der Waals surface area contributed by atoms with Gasteiger partial charge in [-0.1, -0.05) is 92.7 Å². The maximum Gasteiger partial charge on any atom is 0.143 e. The second kappa shape index (κ2) is 7.18. The van der Waals surface area contributed by atoms with Crippen molar-refractivity contribution in [3.8, 4) is 22.3 Å². The Balaban J connectivity index is 1.42. The fraction of sp³-hybridized carbons (Fsp3) is 0.0811. The first-order chi connectivity index (χ1) is 19.1. The van der Waals surface area contributed by atoms with Gasteiger partial charge < -0.3 is 8.83 Å². The molecule has 0 radical (unpaired) electrons. The van der Waals surface area contributed by atoms with E-state index in [-0.39, 0.29) is 5.41 Å². The van der Waals surface area contributed by atoms with Crippen LogP contribution in [0, 0.1) is 0 Å². The summed E-state index contributed by atoms with van der Waals surface area (Å²) in [6, 6.07) is 39.1. The molecule has 2 heteroatoms. The van der Waals surface area contributed by atoms with Crippen molar-refractivity contribution >= 4 is 54.6 Å². The third kappa shape index (κ3) is 2.66. The fourth-order valence-electron chi connectivity index (χ4n) is 6.97. The molecule has 1 aliphatic rings. The largest absolute Gasteiger partial charge is 0.455 e. The Kier molecular flexibility index (Phi) is 3.89. The molecule has 0 fully saturated rings. The lowest BCUT2D eigenvalue weighted by molar-refractivity contribution is 0.660. The van der Waals surface area contributed by atoms with E-state index in [1.807, 2.05) is 18.2 Å². The summed E-state index contributed by atoms with van der Waals surface area (Å²) in [5.41, 5.74) is 11.2. The van der Waals surface area contributed by atoms with Crippen LogP contribution in [0.4, 0.5) is 0 Å². The highest BCUT2D eigenvalue weighted by Crippen LogP contribution is 2.51. The smallest absolute Gasteiger partial charge is 0.143 e. The Morgan fingerprint density at radius 2 is 1.13 bits per heavy atom. The Morgan fingerprint density at radius 3 is 2.00 bits per heavy atom. The molecule has 0 atom stereocenters. The molecule has 1 aliphatic carbocycles. The van der Waals surface area contributed by atoms with Crippen molar-refractivity contribution in [3.63, 3.8) is 0 Å². The van der Waals surface area contributed by atoms with Crippen LogP contribution in [0.25, 0.3) is 76.9 Å². The lowest BCUT2D eigenvalue weighted by Gasteiger charge is -2.22. The lowest BCUT2D eigenvalue weighted by Crippen LogP contribution is -2.14. The van der Waals surface area contributed by atoms with E-state index >= 15 is 0 Å². The summed E-state index contributed by atoms with van der Waals surface area (Å²) in [5.74, 6) is 0. The molecule has 39 heavy (non-hydrogen) atoms. The normalized spacial score (nSPS) is 14.1. The van der Waals surface area contributed by atoms with E-state index in [1.54, 1.807) is 0 Å². The molecule has 0 spiro atoms. The van der Waals surface area contributed by atoms with Crippen molar-refractivity contribution < 1.29 is 8.83 Å². The third-order valence-corrected chi connectivity index (χ3v) is 8.88. The number of furan rings is 2. The minimum Gasteiger partial charge on any atom is -0.455 e. The molecule has 0 N–H and O–H groups in total. The molecular formula is C37H24O2. The first kappa shape index (κ1) is 21.2. The van der Waals surface area contributed by atoms with Crippen LogP contribution in [0.3, 0.4) is 0 Å². The lowest BCUT2D eigenvalue weighted by atomic mass is 9.81. The van der Waals surface area contributed by atoms with Gasteiger partial charge in [0.05, 0.1) is 0 Å². The number of para-hydroxylation sites is 2. The quantitative estimate of drug-likeness (QED) is 0.224. The fourth-order valence-corrected chi connectivity index (χ4v) is 6.97. The van der Waals surface area contributed by atoms with Crippen LogP contribution in [0.15, 0.2) is 118 Å². The van der Waals surface area contributed by atoms with Gasteiger partial charge in [-0.3, -0.25) is 0 Å². The Morgan fingerprint density at radius 1 is 0.462 bits per heavy atom. The summed E-state index contributed by atoms with van der Waals surface area (Å²) in [4.78, 5) is 0. The van der Waals surface area contributed by atoms with Gasteiger partial charge in [-0.15, -0.1) is 0 Å². The van der Waals surface area contributed by atoms with E-state index in [1.165, 1.54) is 22.3 Å². The molecular weight excluding hydrogens is 476 g/mol. The van der Waals surface area contributed by atoms with E-state index in [9.17, 15) is 0 Å². The molecule has 0 saturated heterocycles. The predicted octanol–water partition coefficient (Wildman–Crippen LogP) is 10.6. The van der Waals surface area contributed by atoms with E-state index in [4.69, 9.17) is 8.83 Å². The molecule has 0 aliphatic heterocycles. The SMILES string of the molecule is CC1(C)c2ccccc2-c2ccc(-c3cc4c(ccc5c6ccccc6oc54)c4c3oc3ccccc34)cc21. The van der Waals surface area contributed by atoms with Gasteiger partial charge in [0.15, 0.2) is 0 Å². The Hall–Kier alpha value is -4.82. The van der Waals surface area contributed by atoms with Crippen LogP contribution in [0.5, 0.6) is 0 Å². The average Bonchev–Trinajstić information content (AvgIpc) is 3.61. The molecule has 2 aromatic heterocycles. The number of hydrogen-bond donors (Lipinski definition) is 0. The van der Waals surface area contributed by atoms with Crippen molar-refractivity contribution in [2.45, 2.75) is 19.3 Å². The first-order valence-corrected chi connectivity index (χ1v) is 13.5. The Labute approximate surface area is 225 Å². The van der Waals surface area contributed by atoms with Crippen LogP contribution < -0.4 is 0 Å². The van der Waals surface area contributed by atoms with E-state index in [0.717, 1.165) is 65.8 Å². The maximum absolute atomic E-state index is 6.62. The van der Waals surface area contributed by atoms with Crippen LogP contribution in [0.1, 0.15) is 25.0 Å². The summed E-state index contributed by atoms with van der Waals surface area (Å²) in [7, 11) is 0. The molecule has 2 heterocycles. The molecule has 0 saturated carbocycles. The molecule has 184 valence electrons. The molecule has 0 bridgehead atoms. The molecule has 0 unspecified atom stereocenters. The van der Waals surface area contributed by atoms with Crippen LogP contribution >= 0.6 is 0 Å². The summed E-state index contributed by atoms with van der Waals surface area (Å²) in [6.07, 6.45) is 0. The highest BCUT2D eigenvalue weighted by molar-refractivity contribution is 6.27. The third-order valence-electron chi connectivity index (χ3n) is 8.88. The standard InChI is InChI=1S/C37H24O2/c1-37(2)30-12-6-3-9-22(30)23-16-15-21(19-31(23)37)28-20-29-25(34-27-11-5-8-14-33(27)39-36(28)34)17-18-26-24-10-4-7-13-32(24)38-35(26)29/h3-20H,1-2H3. The first-order valence-electron chi connectivity index (χ1n) is 13.5. The molecule has 2 nitrogen and oxygen atoms in total. The summed E-state index contributed by atoms with van der Waals surface area (Å²) >= 11 is 0. The zero-order valence-corrected chi connectivity index (χ0v) is 21.7. The van der Waals surface area contributed by atoms with E-state index in [0.29, 0.717) is 0 Å². The maximum atomic E-state index is 6.62. The zero-order chi connectivity index (χ0) is 25.9. The number of rotatable bonds is 1. The van der Waals surface area contributed by atoms with Gasteiger partial charge in [-0.25, -0.2) is 0 Å². The highest BCUT2D eigenvalue weighted by atomic mass is 16.3. The second-order valence-electron chi connectivity index (χ2n) is 11.3. The minimum atomic E-state index is -0.0716.